The summed E-state index contributed by atoms with van der Waals surface area (Å²) in [6, 6.07) is 8.56. The normalized spacial score (nSPS) is 9.79. The molecule has 1 N–H and O–H groups in total. The van der Waals surface area contributed by atoms with E-state index in [-0.39, 0.29) is 17.3 Å². The SMILES string of the molecule is CC.COC(=O)CCc1cc(C)c(Oc2ccc(OC)c(C(=O)O)c2)c(C)c1. The number of rotatable bonds is 7. The average molecular weight is 388 g/mol. The van der Waals surface area contributed by atoms with E-state index in [1.807, 2.05) is 39.8 Å². The fourth-order valence-corrected chi connectivity index (χ4v) is 2.73. The van der Waals surface area contributed by atoms with Crippen LogP contribution < -0.4 is 9.47 Å². The first-order valence-electron chi connectivity index (χ1n) is 9.11. The van der Waals surface area contributed by atoms with Crippen molar-refractivity contribution in [2.24, 2.45) is 0 Å². The third-order valence-electron chi connectivity index (χ3n) is 3.99. The molecule has 0 radical (unpaired) electrons. The molecule has 0 spiro atoms. The first kappa shape index (κ1) is 23.0. The van der Waals surface area contributed by atoms with E-state index < -0.39 is 5.97 Å². The van der Waals surface area contributed by atoms with E-state index in [4.69, 9.17) is 9.47 Å². The van der Waals surface area contributed by atoms with Gasteiger partial charge in [0.1, 0.15) is 22.8 Å². The molecule has 152 valence electrons. The molecule has 0 unspecified atom stereocenters. The van der Waals surface area contributed by atoms with Gasteiger partial charge in [0.05, 0.1) is 14.2 Å². The van der Waals surface area contributed by atoms with E-state index in [0.29, 0.717) is 24.3 Å². The average Bonchev–Trinajstić information content (AvgIpc) is 2.70. The van der Waals surface area contributed by atoms with Gasteiger partial charge in [-0.1, -0.05) is 26.0 Å². The summed E-state index contributed by atoms with van der Waals surface area (Å²) in [5, 5.41) is 9.28. The maximum atomic E-state index is 11.3. The Morgan fingerprint density at radius 2 is 1.61 bits per heavy atom. The van der Waals surface area contributed by atoms with Crippen molar-refractivity contribution >= 4 is 11.9 Å². The summed E-state index contributed by atoms with van der Waals surface area (Å²) < 4.78 is 15.6. The molecule has 0 fully saturated rings. The highest BCUT2D eigenvalue weighted by Crippen LogP contribution is 2.32. The second-order valence-electron chi connectivity index (χ2n) is 5.90. The molecule has 6 nitrogen and oxygen atoms in total. The minimum Gasteiger partial charge on any atom is -0.496 e. The highest BCUT2D eigenvalue weighted by molar-refractivity contribution is 5.91. The first-order valence-corrected chi connectivity index (χ1v) is 9.11. The Morgan fingerprint density at radius 3 is 2.11 bits per heavy atom. The second kappa shape index (κ2) is 11.0. The maximum Gasteiger partial charge on any atom is 0.339 e. The van der Waals surface area contributed by atoms with Crippen LogP contribution in [0.1, 0.15) is 47.3 Å². The lowest BCUT2D eigenvalue weighted by atomic mass is 10.0. The van der Waals surface area contributed by atoms with Crippen molar-refractivity contribution in [1.82, 2.24) is 0 Å². The lowest BCUT2D eigenvalue weighted by Crippen LogP contribution is -2.03. The van der Waals surface area contributed by atoms with Gasteiger partial charge in [-0.05, 0) is 55.2 Å². The summed E-state index contributed by atoms with van der Waals surface area (Å²) in [6.07, 6.45) is 0.899. The van der Waals surface area contributed by atoms with Crippen LogP contribution in [0.2, 0.25) is 0 Å². The lowest BCUT2D eigenvalue weighted by Gasteiger charge is -2.15. The Hall–Kier alpha value is -3.02. The number of carbonyl (C=O) groups excluding carboxylic acids is 1. The Labute approximate surface area is 166 Å². The molecule has 6 heteroatoms. The van der Waals surface area contributed by atoms with Crippen molar-refractivity contribution in [2.75, 3.05) is 14.2 Å². The van der Waals surface area contributed by atoms with Crippen LogP contribution in [-0.4, -0.2) is 31.3 Å². The van der Waals surface area contributed by atoms with Gasteiger partial charge in [-0.15, -0.1) is 0 Å². The summed E-state index contributed by atoms with van der Waals surface area (Å²) in [6.45, 7) is 7.82. The number of esters is 1. The predicted octanol–water partition coefficient (Wildman–Crippen LogP) is 4.93. The molecule has 0 saturated heterocycles. The third kappa shape index (κ3) is 6.01. The lowest BCUT2D eigenvalue weighted by molar-refractivity contribution is -0.140. The molecular formula is C22H28O6. The van der Waals surface area contributed by atoms with Crippen LogP contribution in [0.4, 0.5) is 0 Å². The smallest absolute Gasteiger partial charge is 0.339 e. The predicted molar refractivity (Wildman–Crippen MR) is 108 cm³/mol. The van der Waals surface area contributed by atoms with Gasteiger partial charge in [0, 0.05) is 6.42 Å². The second-order valence-corrected chi connectivity index (χ2v) is 5.90. The van der Waals surface area contributed by atoms with Crippen LogP contribution in [0.25, 0.3) is 0 Å². The minimum atomic E-state index is -1.08. The van der Waals surface area contributed by atoms with Gasteiger partial charge in [-0.25, -0.2) is 4.79 Å². The Kier molecular flexibility index (Phi) is 9.02. The quantitative estimate of drug-likeness (QED) is 0.677. The van der Waals surface area contributed by atoms with Crippen LogP contribution >= 0.6 is 0 Å². The van der Waals surface area contributed by atoms with Gasteiger partial charge in [-0.2, -0.15) is 0 Å². The number of aromatic carboxylic acids is 1. The summed E-state index contributed by atoms with van der Waals surface area (Å²) >= 11 is 0. The molecule has 0 saturated carbocycles. The molecule has 2 aromatic rings. The Morgan fingerprint density at radius 1 is 1.00 bits per heavy atom. The molecular weight excluding hydrogens is 360 g/mol. The van der Waals surface area contributed by atoms with Crippen LogP contribution in [0.5, 0.6) is 17.2 Å². The van der Waals surface area contributed by atoms with Crippen molar-refractivity contribution < 1.29 is 28.9 Å². The van der Waals surface area contributed by atoms with E-state index in [2.05, 4.69) is 4.74 Å². The van der Waals surface area contributed by atoms with Gasteiger partial charge < -0.3 is 19.3 Å². The highest BCUT2D eigenvalue weighted by atomic mass is 16.5. The number of carboxylic acid groups (broad SMARTS) is 1. The standard InChI is InChI=1S/C20H22O6.C2H6/c1-12-9-14(5-8-18(21)25-4)10-13(2)19(12)26-15-6-7-17(24-3)16(11-15)20(22)23;1-2/h6-7,9-11H,5,8H2,1-4H3,(H,22,23);1-2H3. The number of carbonyl (C=O) groups is 2. The van der Waals surface area contributed by atoms with E-state index >= 15 is 0 Å². The fraction of sp³-hybridized carbons (Fsp3) is 0.364. The molecule has 0 amide bonds. The van der Waals surface area contributed by atoms with Gasteiger partial charge >= 0.3 is 11.9 Å². The fourth-order valence-electron chi connectivity index (χ4n) is 2.73. The van der Waals surface area contributed by atoms with Crippen LogP contribution in [0.15, 0.2) is 30.3 Å². The number of carboxylic acids is 1. The van der Waals surface area contributed by atoms with E-state index in [1.165, 1.54) is 20.3 Å². The Balaban J connectivity index is 0.00000190. The van der Waals surface area contributed by atoms with Crippen LogP contribution in [0.3, 0.4) is 0 Å². The first-order chi connectivity index (χ1) is 13.3. The molecule has 2 aromatic carbocycles. The maximum absolute atomic E-state index is 11.3. The molecule has 0 aliphatic heterocycles. The van der Waals surface area contributed by atoms with Gasteiger partial charge in [0.15, 0.2) is 0 Å². The summed E-state index contributed by atoms with van der Waals surface area (Å²) in [5.41, 5.74) is 2.85. The molecule has 0 aliphatic carbocycles. The van der Waals surface area contributed by atoms with Crippen molar-refractivity contribution in [3.63, 3.8) is 0 Å². The van der Waals surface area contributed by atoms with E-state index in [1.54, 1.807) is 12.1 Å². The van der Waals surface area contributed by atoms with Crippen molar-refractivity contribution in [3.05, 3.63) is 52.6 Å². The number of benzene rings is 2. The number of methoxy groups -OCH3 is 2. The van der Waals surface area contributed by atoms with Crippen molar-refractivity contribution in [2.45, 2.75) is 40.5 Å². The van der Waals surface area contributed by atoms with Crippen LogP contribution in [-0.2, 0) is 16.0 Å². The number of hydrogen-bond donors (Lipinski definition) is 1. The molecule has 0 aromatic heterocycles. The highest BCUT2D eigenvalue weighted by Gasteiger charge is 2.14. The van der Waals surface area contributed by atoms with Gasteiger partial charge in [0.2, 0.25) is 0 Å². The minimum absolute atomic E-state index is 0.0370. The zero-order valence-corrected chi connectivity index (χ0v) is 17.3. The van der Waals surface area contributed by atoms with Gasteiger partial charge in [-0.3, -0.25) is 4.79 Å². The summed E-state index contributed by atoms with van der Waals surface area (Å²) in [4.78, 5) is 22.6. The zero-order valence-electron chi connectivity index (χ0n) is 17.3. The van der Waals surface area contributed by atoms with E-state index in [0.717, 1.165) is 16.7 Å². The molecule has 0 heterocycles. The summed E-state index contributed by atoms with van der Waals surface area (Å²) in [5.74, 6) is 0.0143. The Bertz CT molecular complexity index is 803. The van der Waals surface area contributed by atoms with Crippen molar-refractivity contribution in [1.29, 1.82) is 0 Å². The largest absolute Gasteiger partial charge is 0.496 e. The molecule has 28 heavy (non-hydrogen) atoms. The van der Waals surface area contributed by atoms with Crippen LogP contribution in [0, 0.1) is 13.8 Å². The molecule has 0 bridgehead atoms. The van der Waals surface area contributed by atoms with E-state index in [9.17, 15) is 14.7 Å². The zero-order chi connectivity index (χ0) is 21.3. The number of ether oxygens (including phenoxy) is 3. The number of hydrogen-bond acceptors (Lipinski definition) is 5. The molecule has 2 rings (SSSR count). The third-order valence-corrected chi connectivity index (χ3v) is 3.99. The van der Waals surface area contributed by atoms with Gasteiger partial charge in [0.25, 0.3) is 0 Å². The van der Waals surface area contributed by atoms with Crippen molar-refractivity contribution in [3.8, 4) is 17.2 Å². The topological polar surface area (TPSA) is 82.1 Å². The monoisotopic (exact) mass is 388 g/mol. The molecule has 0 aliphatic rings. The summed E-state index contributed by atoms with van der Waals surface area (Å²) in [7, 11) is 2.79. The molecule has 0 atom stereocenters. The number of aryl methyl sites for hydroxylation is 3.